The van der Waals surface area contributed by atoms with Crippen LogP contribution in [0, 0.1) is 17.3 Å². The minimum absolute atomic E-state index is 0.0828. The molecule has 0 heterocycles. The molecule has 0 aliphatic heterocycles. The second kappa shape index (κ2) is 1.89. The van der Waals surface area contributed by atoms with E-state index in [1.54, 1.807) is 0 Å². The van der Waals surface area contributed by atoms with E-state index in [-0.39, 0.29) is 6.10 Å². The zero-order chi connectivity index (χ0) is 8.22. The van der Waals surface area contributed by atoms with Crippen LogP contribution in [-0.4, -0.2) is 11.2 Å². The number of aliphatic hydroxyl groups excluding tert-OH is 1. The third kappa shape index (κ3) is 0.750. The summed E-state index contributed by atoms with van der Waals surface area (Å²) in [6.07, 6.45) is 2.09. The molecule has 11 heavy (non-hydrogen) atoms. The Balaban J connectivity index is 2.32. The van der Waals surface area contributed by atoms with Crippen LogP contribution in [-0.2, 0) is 0 Å². The first-order chi connectivity index (χ1) is 5.03. The third-order valence-electron chi connectivity index (χ3n) is 3.82. The lowest BCUT2D eigenvalue weighted by atomic mass is 9.73. The first-order valence-corrected chi connectivity index (χ1v) is 4.41. The lowest BCUT2D eigenvalue weighted by Crippen LogP contribution is -2.29. The minimum Gasteiger partial charge on any atom is -0.392 e. The average Bonchev–Trinajstić information content (AvgIpc) is 2.36. The Labute approximate surface area is 68.1 Å². The molecule has 0 spiro atoms. The molecule has 0 aromatic heterocycles. The van der Waals surface area contributed by atoms with Gasteiger partial charge in [0, 0.05) is 5.92 Å². The van der Waals surface area contributed by atoms with Gasteiger partial charge in [-0.25, -0.2) is 0 Å². The van der Waals surface area contributed by atoms with Gasteiger partial charge in [-0.1, -0.05) is 26.0 Å². The molecule has 2 bridgehead atoms. The smallest absolute Gasteiger partial charge is 0.0608 e. The summed E-state index contributed by atoms with van der Waals surface area (Å²) in [4.78, 5) is 0. The van der Waals surface area contributed by atoms with Crippen LogP contribution in [0.2, 0.25) is 0 Å². The summed E-state index contributed by atoms with van der Waals surface area (Å²) in [7, 11) is 0. The van der Waals surface area contributed by atoms with Crippen molar-refractivity contribution < 1.29 is 5.11 Å². The van der Waals surface area contributed by atoms with E-state index in [0.717, 1.165) is 6.42 Å². The molecule has 2 rings (SSSR count). The summed E-state index contributed by atoms with van der Waals surface area (Å²) in [6.45, 7) is 8.59. The van der Waals surface area contributed by atoms with Gasteiger partial charge in [0.05, 0.1) is 6.10 Å². The van der Waals surface area contributed by atoms with Gasteiger partial charge in [0.25, 0.3) is 0 Å². The maximum Gasteiger partial charge on any atom is 0.0608 e. The molecule has 0 aromatic carbocycles. The van der Waals surface area contributed by atoms with E-state index < -0.39 is 0 Å². The first-order valence-electron chi connectivity index (χ1n) is 4.41. The van der Waals surface area contributed by atoms with Gasteiger partial charge in [0.1, 0.15) is 0 Å². The van der Waals surface area contributed by atoms with Crippen LogP contribution in [0.4, 0.5) is 0 Å². The Hall–Kier alpha value is -0.300. The monoisotopic (exact) mass is 152 g/mol. The van der Waals surface area contributed by atoms with E-state index in [2.05, 4.69) is 20.4 Å². The normalized spacial score (nSPS) is 46.8. The standard InChI is InChI=1S/C10H16O/c1-6-8-4-7(5-9(8)11)10(6,2)3/h7-9,11H,1,4-5H2,2-3H3/t7-,8-,9+/m0/s1. The molecule has 3 atom stereocenters. The summed E-state index contributed by atoms with van der Waals surface area (Å²) < 4.78 is 0. The van der Waals surface area contributed by atoms with Gasteiger partial charge in [-0.05, 0) is 24.2 Å². The molecule has 1 nitrogen and oxygen atoms in total. The van der Waals surface area contributed by atoms with Gasteiger partial charge in [-0.2, -0.15) is 0 Å². The largest absolute Gasteiger partial charge is 0.392 e. The van der Waals surface area contributed by atoms with Crippen LogP contribution in [0.1, 0.15) is 26.7 Å². The van der Waals surface area contributed by atoms with Crippen molar-refractivity contribution in [3.05, 3.63) is 12.2 Å². The molecule has 62 valence electrons. The number of hydrogen-bond donors (Lipinski definition) is 1. The second-order valence-corrected chi connectivity index (χ2v) is 4.59. The topological polar surface area (TPSA) is 20.2 Å². The third-order valence-corrected chi connectivity index (χ3v) is 3.82. The van der Waals surface area contributed by atoms with Gasteiger partial charge < -0.3 is 5.11 Å². The molecule has 0 radical (unpaired) electrons. The van der Waals surface area contributed by atoms with Gasteiger partial charge >= 0.3 is 0 Å². The molecule has 0 amide bonds. The Morgan fingerprint density at radius 1 is 1.45 bits per heavy atom. The van der Waals surface area contributed by atoms with Gasteiger partial charge in [0.2, 0.25) is 0 Å². The molecule has 0 unspecified atom stereocenters. The quantitative estimate of drug-likeness (QED) is 0.526. The van der Waals surface area contributed by atoms with E-state index in [9.17, 15) is 5.11 Å². The van der Waals surface area contributed by atoms with Crippen molar-refractivity contribution in [3.8, 4) is 0 Å². The maximum absolute atomic E-state index is 9.56. The molecular formula is C10H16O. The van der Waals surface area contributed by atoms with E-state index in [0.29, 0.717) is 17.3 Å². The zero-order valence-corrected chi connectivity index (χ0v) is 7.30. The summed E-state index contributed by atoms with van der Waals surface area (Å²) in [5.74, 6) is 1.10. The van der Waals surface area contributed by atoms with Crippen LogP contribution < -0.4 is 0 Å². The van der Waals surface area contributed by atoms with Crippen molar-refractivity contribution in [3.63, 3.8) is 0 Å². The molecule has 2 aliphatic rings. The highest BCUT2D eigenvalue weighted by Gasteiger charge is 2.52. The number of aliphatic hydroxyl groups is 1. The van der Waals surface area contributed by atoms with Gasteiger partial charge in [-0.3, -0.25) is 0 Å². The van der Waals surface area contributed by atoms with Crippen molar-refractivity contribution in [1.82, 2.24) is 0 Å². The van der Waals surface area contributed by atoms with Crippen molar-refractivity contribution in [2.75, 3.05) is 0 Å². The fraction of sp³-hybridized carbons (Fsp3) is 0.800. The Kier molecular flexibility index (Phi) is 1.26. The van der Waals surface area contributed by atoms with Gasteiger partial charge in [0.15, 0.2) is 0 Å². The highest BCUT2D eigenvalue weighted by atomic mass is 16.3. The summed E-state index contributed by atoms with van der Waals surface area (Å²) in [6, 6.07) is 0. The Bertz CT molecular complexity index is 205. The Morgan fingerprint density at radius 2 is 2.09 bits per heavy atom. The number of fused-ring (bicyclic) bond motifs is 2. The highest BCUT2D eigenvalue weighted by Crippen LogP contribution is 2.58. The van der Waals surface area contributed by atoms with E-state index >= 15 is 0 Å². The highest BCUT2D eigenvalue weighted by molar-refractivity contribution is 5.25. The van der Waals surface area contributed by atoms with E-state index in [1.165, 1.54) is 12.0 Å². The van der Waals surface area contributed by atoms with Crippen LogP contribution in [0.5, 0.6) is 0 Å². The molecule has 2 aliphatic carbocycles. The second-order valence-electron chi connectivity index (χ2n) is 4.59. The van der Waals surface area contributed by atoms with Crippen molar-refractivity contribution in [2.45, 2.75) is 32.8 Å². The summed E-state index contributed by atoms with van der Waals surface area (Å²) in [5, 5.41) is 9.56. The van der Waals surface area contributed by atoms with Crippen LogP contribution >= 0.6 is 0 Å². The van der Waals surface area contributed by atoms with Gasteiger partial charge in [-0.15, -0.1) is 0 Å². The molecule has 2 saturated carbocycles. The van der Waals surface area contributed by atoms with E-state index in [1.807, 2.05) is 0 Å². The van der Waals surface area contributed by atoms with Crippen LogP contribution in [0.3, 0.4) is 0 Å². The fourth-order valence-electron chi connectivity index (χ4n) is 2.72. The van der Waals surface area contributed by atoms with E-state index in [4.69, 9.17) is 0 Å². The molecular weight excluding hydrogens is 136 g/mol. The Morgan fingerprint density at radius 3 is 2.45 bits per heavy atom. The lowest BCUT2D eigenvalue weighted by Gasteiger charge is -2.34. The van der Waals surface area contributed by atoms with Crippen molar-refractivity contribution in [2.24, 2.45) is 17.3 Å². The summed E-state index contributed by atoms with van der Waals surface area (Å²) >= 11 is 0. The number of hydrogen-bond acceptors (Lipinski definition) is 1. The predicted octanol–water partition coefficient (Wildman–Crippen LogP) is 1.97. The zero-order valence-electron chi connectivity index (χ0n) is 7.30. The maximum atomic E-state index is 9.56. The predicted molar refractivity (Wildman–Crippen MR) is 45.1 cm³/mol. The summed E-state index contributed by atoms with van der Waals surface area (Å²) in [5.41, 5.74) is 1.57. The SMILES string of the molecule is C=C1[C@@H]2C[C@@H](C[C@H]2O)C1(C)C. The first kappa shape index (κ1) is 7.35. The average molecular weight is 152 g/mol. The molecule has 0 saturated heterocycles. The van der Waals surface area contributed by atoms with Crippen molar-refractivity contribution >= 4 is 0 Å². The lowest BCUT2D eigenvalue weighted by molar-refractivity contribution is 0.108. The fourth-order valence-corrected chi connectivity index (χ4v) is 2.72. The molecule has 1 heteroatoms. The molecule has 1 N–H and O–H groups in total. The minimum atomic E-state index is -0.0828. The van der Waals surface area contributed by atoms with Crippen molar-refractivity contribution in [1.29, 1.82) is 0 Å². The molecule has 0 aromatic rings. The van der Waals surface area contributed by atoms with Crippen LogP contribution in [0.15, 0.2) is 12.2 Å². The van der Waals surface area contributed by atoms with Crippen LogP contribution in [0.25, 0.3) is 0 Å². The molecule has 2 fully saturated rings. The number of rotatable bonds is 0.